The topological polar surface area (TPSA) is 75.7 Å². The zero-order valence-electron chi connectivity index (χ0n) is 14.8. The van der Waals surface area contributed by atoms with Crippen LogP contribution in [0.15, 0.2) is 42.5 Å². The van der Waals surface area contributed by atoms with Gasteiger partial charge in [-0.2, -0.15) is 0 Å². The lowest BCUT2D eigenvalue weighted by atomic mass is 10.1. The van der Waals surface area contributed by atoms with Crippen molar-refractivity contribution in [3.8, 4) is 5.75 Å². The lowest BCUT2D eigenvalue weighted by Gasteiger charge is -2.17. The Morgan fingerprint density at radius 3 is 2.38 bits per heavy atom. The zero-order chi connectivity index (χ0) is 19.3. The highest BCUT2D eigenvalue weighted by Gasteiger charge is 2.16. The molecule has 0 bridgehead atoms. The van der Waals surface area contributed by atoms with Gasteiger partial charge in [-0.25, -0.2) is 8.42 Å². The summed E-state index contributed by atoms with van der Waals surface area (Å²) in [6, 6.07) is 11.9. The molecule has 1 N–H and O–H groups in total. The predicted octanol–water partition coefficient (Wildman–Crippen LogP) is 3.06. The summed E-state index contributed by atoms with van der Waals surface area (Å²) >= 11 is 6.16. The Bertz CT molecular complexity index is 883. The number of halogens is 1. The minimum Gasteiger partial charge on any atom is -0.494 e. The Morgan fingerprint density at radius 1 is 1.19 bits per heavy atom. The van der Waals surface area contributed by atoms with Gasteiger partial charge in [0.05, 0.1) is 29.1 Å². The Kier molecular flexibility index (Phi) is 6.50. The molecule has 0 aliphatic heterocycles. The summed E-state index contributed by atoms with van der Waals surface area (Å²) in [5, 5.41) is 2.97. The molecule has 0 aliphatic carbocycles. The number of ether oxygens (including phenoxy) is 1. The summed E-state index contributed by atoms with van der Waals surface area (Å²) in [6.45, 7) is 2.85. The number of sulfonamides is 1. The maximum atomic E-state index is 12.3. The van der Waals surface area contributed by atoms with Crippen molar-refractivity contribution >= 4 is 33.2 Å². The van der Waals surface area contributed by atoms with E-state index in [4.69, 9.17) is 16.3 Å². The van der Waals surface area contributed by atoms with Crippen LogP contribution in [-0.2, 0) is 16.6 Å². The predicted molar refractivity (Wildman–Crippen MR) is 103 cm³/mol. The SMILES string of the molecule is CCOc1ccc(CNC(=O)c2ccc(N(C)S(C)(=O)=O)cc2Cl)cc1. The smallest absolute Gasteiger partial charge is 0.253 e. The van der Waals surface area contributed by atoms with Crippen molar-refractivity contribution in [2.24, 2.45) is 0 Å². The summed E-state index contributed by atoms with van der Waals surface area (Å²) in [4.78, 5) is 12.3. The van der Waals surface area contributed by atoms with Crippen LogP contribution >= 0.6 is 11.6 Å². The molecule has 2 aromatic rings. The summed E-state index contributed by atoms with van der Waals surface area (Å²) < 4.78 is 29.6. The first kappa shape index (κ1) is 20.1. The molecule has 2 aromatic carbocycles. The average Bonchev–Trinajstić information content (AvgIpc) is 2.59. The summed E-state index contributed by atoms with van der Waals surface area (Å²) in [7, 11) is -1.97. The normalized spacial score (nSPS) is 11.1. The minimum atomic E-state index is -3.40. The molecule has 0 radical (unpaired) electrons. The van der Waals surface area contributed by atoms with Crippen molar-refractivity contribution in [1.82, 2.24) is 5.32 Å². The molecule has 0 unspecified atom stereocenters. The van der Waals surface area contributed by atoms with Gasteiger partial charge in [0.2, 0.25) is 10.0 Å². The molecule has 26 heavy (non-hydrogen) atoms. The fourth-order valence-corrected chi connectivity index (χ4v) is 2.98. The van der Waals surface area contributed by atoms with Crippen molar-refractivity contribution in [1.29, 1.82) is 0 Å². The van der Waals surface area contributed by atoms with Crippen LogP contribution in [-0.4, -0.2) is 34.2 Å². The highest BCUT2D eigenvalue weighted by molar-refractivity contribution is 7.92. The van der Waals surface area contributed by atoms with Crippen LogP contribution < -0.4 is 14.4 Å². The fraction of sp³-hybridized carbons (Fsp3) is 0.278. The molecule has 140 valence electrons. The minimum absolute atomic E-state index is 0.183. The number of hydrogen-bond acceptors (Lipinski definition) is 4. The van der Waals surface area contributed by atoms with Crippen LogP contribution in [0, 0.1) is 0 Å². The third-order valence-electron chi connectivity index (χ3n) is 3.75. The van der Waals surface area contributed by atoms with Gasteiger partial charge in [0.1, 0.15) is 5.75 Å². The lowest BCUT2D eigenvalue weighted by Crippen LogP contribution is -2.26. The van der Waals surface area contributed by atoms with E-state index in [1.54, 1.807) is 6.07 Å². The zero-order valence-corrected chi connectivity index (χ0v) is 16.4. The average molecular weight is 397 g/mol. The molecule has 2 rings (SSSR count). The second kappa shape index (κ2) is 8.42. The molecule has 0 spiro atoms. The van der Waals surface area contributed by atoms with Crippen LogP contribution in [0.5, 0.6) is 5.75 Å². The van der Waals surface area contributed by atoms with E-state index in [0.717, 1.165) is 21.9 Å². The first-order chi connectivity index (χ1) is 12.2. The van der Waals surface area contributed by atoms with Crippen molar-refractivity contribution in [2.75, 3.05) is 24.2 Å². The number of rotatable bonds is 7. The molecule has 0 saturated heterocycles. The molecule has 0 aromatic heterocycles. The van der Waals surface area contributed by atoms with Gasteiger partial charge in [0.15, 0.2) is 0 Å². The van der Waals surface area contributed by atoms with E-state index >= 15 is 0 Å². The largest absolute Gasteiger partial charge is 0.494 e. The number of benzene rings is 2. The monoisotopic (exact) mass is 396 g/mol. The quantitative estimate of drug-likeness (QED) is 0.780. The molecular weight excluding hydrogens is 376 g/mol. The number of nitrogens with one attached hydrogen (secondary N) is 1. The maximum absolute atomic E-state index is 12.3. The van der Waals surface area contributed by atoms with Crippen molar-refractivity contribution in [3.05, 3.63) is 58.6 Å². The third kappa shape index (κ3) is 5.12. The molecule has 0 atom stereocenters. The van der Waals surface area contributed by atoms with Gasteiger partial charge in [0.25, 0.3) is 5.91 Å². The Hall–Kier alpha value is -2.25. The molecular formula is C18H21ClN2O4S. The van der Waals surface area contributed by atoms with Gasteiger partial charge in [-0.3, -0.25) is 9.10 Å². The number of amides is 1. The maximum Gasteiger partial charge on any atom is 0.253 e. The van der Waals surface area contributed by atoms with Crippen LogP contribution in [0.4, 0.5) is 5.69 Å². The summed E-state index contributed by atoms with van der Waals surface area (Å²) in [5.74, 6) is 0.439. The van der Waals surface area contributed by atoms with Crippen molar-refractivity contribution < 1.29 is 17.9 Å². The van der Waals surface area contributed by atoms with Gasteiger partial charge in [-0.15, -0.1) is 0 Å². The van der Waals surface area contributed by atoms with Gasteiger partial charge in [-0.1, -0.05) is 23.7 Å². The molecule has 0 fully saturated rings. The molecule has 0 saturated carbocycles. The third-order valence-corrected chi connectivity index (χ3v) is 5.26. The molecule has 1 amide bonds. The highest BCUT2D eigenvalue weighted by atomic mass is 35.5. The van der Waals surface area contributed by atoms with E-state index in [9.17, 15) is 13.2 Å². The van der Waals surface area contributed by atoms with Crippen LogP contribution in [0.25, 0.3) is 0 Å². The molecule has 6 nitrogen and oxygen atoms in total. The van der Waals surface area contributed by atoms with E-state index in [2.05, 4.69) is 5.32 Å². The summed E-state index contributed by atoms with van der Waals surface area (Å²) in [6.07, 6.45) is 1.10. The van der Waals surface area contributed by atoms with E-state index in [-0.39, 0.29) is 16.5 Å². The van der Waals surface area contributed by atoms with Crippen molar-refractivity contribution in [2.45, 2.75) is 13.5 Å². The molecule has 0 aliphatic rings. The Morgan fingerprint density at radius 2 is 1.85 bits per heavy atom. The van der Waals surface area contributed by atoms with Gasteiger partial charge < -0.3 is 10.1 Å². The fourth-order valence-electron chi connectivity index (χ4n) is 2.22. The second-order valence-corrected chi connectivity index (χ2v) is 8.08. The first-order valence-electron chi connectivity index (χ1n) is 7.95. The number of carbonyl (C=O) groups excluding carboxylic acids is 1. The van der Waals surface area contributed by atoms with E-state index in [1.807, 2.05) is 31.2 Å². The number of nitrogens with zero attached hydrogens (tertiary/aromatic N) is 1. The standard InChI is InChI=1S/C18H21ClN2O4S/c1-4-25-15-8-5-13(6-9-15)12-20-18(22)16-10-7-14(11-17(16)19)21(2)26(3,23)24/h5-11H,4,12H2,1-3H3,(H,20,22). The van der Waals surface area contributed by atoms with E-state index in [1.165, 1.54) is 19.2 Å². The van der Waals surface area contributed by atoms with Crippen molar-refractivity contribution in [3.63, 3.8) is 0 Å². The number of hydrogen-bond donors (Lipinski definition) is 1. The van der Waals surface area contributed by atoms with Gasteiger partial charge >= 0.3 is 0 Å². The van der Waals surface area contributed by atoms with E-state index in [0.29, 0.717) is 18.8 Å². The molecule has 0 heterocycles. The van der Waals surface area contributed by atoms with Crippen LogP contribution in [0.3, 0.4) is 0 Å². The van der Waals surface area contributed by atoms with E-state index < -0.39 is 10.0 Å². The van der Waals surface area contributed by atoms with Gasteiger partial charge in [-0.05, 0) is 42.8 Å². The lowest BCUT2D eigenvalue weighted by molar-refractivity contribution is 0.0951. The van der Waals surface area contributed by atoms with Gasteiger partial charge in [0, 0.05) is 13.6 Å². The van der Waals surface area contributed by atoms with Crippen LogP contribution in [0.2, 0.25) is 5.02 Å². The number of anilines is 1. The summed E-state index contributed by atoms with van der Waals surface area (Å²) in [5.41, 5.74) is 1.59. The van der Waals surface area contributed by atoms with Crippen LogP contribution in [0.1, 0.15) is 22.8 Å². The highest BCUT2D eigenvalue weighted by Crippen LogP contribution is 2.24. The Balaban J connectivity index is 2.05. The first-order valence-corrected chi connectivity index (χ1v) is 10.2. The number of carbonyl (C=O) groups is 1. The second-order valence-electron chi connectivity index (χ2n) is 5.65. The Labute approximate surface area is 158 Å². The molecule has 8 heteroatoms.